The van der Waals surface area contributed by atoms with Crippen molar-refractivity contribution in [3.63, 3.8) is 0 Å². The van der Waals surface area contributed by atoms with Crippen molar-refractivity contribution in [2.75, 3.05) is 13.7 Å². The van der Waals surface area contributed by atoms with E-state index in [1.165, 1.54) is 31.5 Å². The number of aliphatic carboxylic acids is 1. The Morgan fingerprint density at radius 1 is 1.23 bits per heavy atom. The minimum Gasteiger partial charge on any atom is -0.480 e. The van der Waals surface area contributed by atoms with E-state index < -0.39 is 76.1 Å². The second kappa shape index (κ2) is 11.3. The summed E-state index contributed by atoms with van der Waals surface area (Å²) in [5.41, 5.74) is -2.95. The zero-order valence-corrected chi connectivity index (χ0v) is 25.9. The number of allylic oxidation sites excluding steroid dienone is 4. The van der Waals surface area contributed by atoms with E-state index in [-0.39, 0.29) is 29.8 Å². The van der Waals surface area contributed by atoms with Crippen LogP contribution in [-0.2, 0) is 28.7 Å². The molecule has 0 bridgehead atoms. The first-order valence-electron chi connectivity index (χ1n) is 14.8. The zero-order valence-electron chi connectivity index (χ0n) is 25.1. The Balaban J connectivity index is 1.52. The van der Waals surface area contributed by atoms with Gasteiger partial charge in [-0.05, 0) is 68.9 Å². The number of hydrogen-bond donors (Lipinski definition) is 3. The van der Waals surface area contributed by atoms with Crippen LogP contribution in [-0.4, -0.2) is 76.0 Å². The standard InChI is InChI=1S/C32H38ClNO10/c1-17-12-21-20-8-7-18-13-19(35)9-10-29(18,2)31(20,33)24(36)15-30(21,3)32(17,44-28(41)23-6-5-11-42-23)25(37)16-43-26(38)14-22(34-4)27(39)40/h5-6,9-11,13,17,20-22,24,34,36H,7-8,12,14-16H2,1-4H3,(H,39,40)/t17-,20?,21?,22-,24+,29+,30+,31+,32+/m1/s1. The van der Waals surface area contributed by atoms with Crippen LogP contribution in [0, 0.1) is 28.6 Å². The number of likely N-dealkylation sites (N-methyl/N-ethyl adjacent to an activating group) is 1. The lowest BCUT2D eigenvalue weighted by Crippen LogP contribution is -2.69. The van der Waals surface area contributed by atoms with Crippen LogP contribution in [0.4, 0.5) is 0 Å². The highest BCUT2D eigenvalue weighted by Gasteiger charge is 2.76. The minimum atomic E-state index is -1.84. The molecule has 9 atom stereocenters. The van der Waals surface area contributed by atoms with Crippen LogP contribution in [0.2, 0.25) is 0 Å². The minimum absolute atomic E-state index is 0.0153. The third-order valence-corrected chi connectivity index (χ3v) is 11.9. The summed E-state index contributed by atoms with van der Waals surface area (Å²) in [7, 11) is 1.39. The van der Waals surface area contributed by atoms with Gasteiger partial charge in [0.1, 0.15) is 6.04 Å². The maximum atomic E-state index is 14.3. The zero-order chi connectivity index (χ0) is 32.2. The van der Waals surface area contributed by atoms with Gasteiger partial charge in [-0.25, -0.2) is 4.79 Å². The molecule has 3 fully saturated rings. The predicted octanol–water partition coefficient (Wildman–Crippen LogP) is 3.24. The van der Waals surface area contributed by atoms with Gasteiger partial charge in [0.2, 0.25) is 11.5 Å². The Kier molecular flexibility index (Phi) is 8.22. The van der Waals surface area contributed by atoms with Crippen molar-refractivity contribution in [1.82, 2.24) is 5.32 Å². The van der Waals surface area contributed by atoms with Crippen molar-refractivity contribution in [3.8, 4) is 0 Å². The molecular weight excluding hydrogens is 594 g/mol. The fourth-order valence-electron chi connectivity index (χ4n) is 8.78. The number of rotatable bonds is 9. The number of carboxylic acid groups (broad SMARTS) is 1. The summed E-state index contributed by atoms with van der Waals surface area (Å²) in [4.78, 5) is 62.7. The molecule has 1 aromatic rings. The first-order chi connectivity index (χ1) is 20.7. The van der Waals surface area contributed by atoms with Gasteiger partial charge in [0.05, 0.1) is 23.7 Å². The van der Waals surface area contributed by atoms with E-state index in [0.717, 1.165) is 5.57 Å². The van der Waals surface area contributed by atoms with Crippen molar-refractivity contribution in [1.29, 1.82) is 0 Å². The number of halogens is 1. The number of esters is 2. The molecule has 1 heterocycles. The summed E-state index contributed by atoms with van der Waals surface area (Å²) >= 11 is 7.53. The lowest BCUT2D eigenvalue weighted by Gasteiger charge is -2.64. The van der Waals surface area contributed by atoms with Gasteiger partial charge in [-0.15, -0.1) is 11.6 Å². The van der Waals surface area contributed by atoms with Gasteiger partial charge in [0.25, 0.3) is 0 Å². The van der Waals surface area contributed by atoms with Gasteiger partial charge in [-0.2, -0.15) is 0 Å². The molecule has 0 aliphatic heterocycles. The number of ether oxygens (including phenoxy) is 2. The normalized spacial score (nSPS) is 38.0. The number of hydrogen-bond acceptors (Lipinski definition) is 10. The highest BCUT2D eigenvalue weighted by atomic mass is 35.5. The Labute approximate surface area is 260 Å². The highest BCUT2D eigenvalue weighted by molar-refractivity contribution is 6.26. The molecule has 4 aliphatic carbocycles. The lowest BCUT2D eigenvalue weighted by atomic mass is 9.45. The van der Waals surface area contributed by atoms with Crippen molar-refractivity contribution in [2.24, 2.45) is 28.6 Å². The molecule has 0 aromatic carbocycles. The number of Topliss-reactive ketones (excluding diaryl/α,β-unsaturated/α-hetero) is 1. The second-order valence-electron chi connectivity index (χ2n) is 13.0. The van der Waals surface area contributed by atoms with Crippen LogP contribution < -0.4 is 5.32 Å². The maximum Gasteiger partial charge on any atom is 0.375 e. The van der Waals surface area contributed by atoms with Crippen molar-refractivity contribution in [3.05, 3.63) is 48.0 Å². The molecule has 0 saturated heterocycles. The van der Waals surface area contributed by atoms with E-state index in [1.807, 2.05) is 13.8 Å². The number of carboxylic acids is 1. The average molecular weight is 632 g/mol. The molecule has 2 unspecified atom stereocenters. The van der Waals surface area contributed by atoms with Gasteiger partial charge in [-0.3, -0.25) is 19.2 Å². The van der Waals surface area contributed by atoms with Crippen LogP contribution in [0.3, 0.4) is 0 Å². The average Bonchev–Trinajstić information content (AvgIpc) is 3.58. The van der Waals surface area contributed by atoms with Crippen LogP contribution in [0.25, 0.3) is 0 Å². The number of alkyl halides is 1. The predicted molar refractivity (Wildman–Crippen MR) is 156 cm³/mol. The van der Waals surface area contributed by atoms with Crippen molar-refractivity contribution in [2.45, 2.75) is 75.5 Å². The van der Waals surface area contributed by atoms with E-state index in [1.54, 1.807) is 19.1 Å². The van der Waals surface area contributed by atoms with Gasteiger partial charge in [-0.1, -0.05) is 32.4 Å². The van der Waals surface area contributed by atoms with Crippen molar-refractivity contribution >= 4 is 41.1 Å². The molecule has 3 saturated carbocycles. The number of aliphatic hydroxyl groups excluding tert-OH is 1. The monoisotopic (exact) mass is 631 g/mol. The molecule has 4 aliphatic rings. The number of nitrogens with one attached hydrogen (secondary N) is 1. The number of aliphatic hydroxyl groups is 1. The highest BCUT2D eigenvalue weighted by Crippen LogP contribution is 2.72. The fourth-order valence-corrected chi connectivity index (χ4v) is 9.30. The second-order valence-corrected chi connectivity index (χ2v) is 13.6. The third-order valence-electron chi connectivity index (χ3n) is 11.0. The Morgan fingerprint density at radius 3 is 2.59 bits per heavy atom. The number of fused-ring (bicyclic) bond motifs is 5. The molecule has 0 radical (unpaired) electrons. The van der Waals surface area contributed by atoms with Crippen LogP contribution in [0.15, 0.2) is 46.6 Å². The molecular formula is C32H38ClNO10. The van der Waals surface area contributed by atoms with E-state index in [0.29, 0.717) is 19.3 Å². The number of furan rings is 1. The Hall–Kier alpha value is -3.28. The van der Waals surface area contributed by atoms with Gasteiger partial charge < -0.3 is 29.4 Å². The number of ketones is 2. The first kappa shape index (κ1) is 32.1. The van der Waals surface area contributed by atoms with Crippen molar-refractivity contribution < 1.29 is 48.1 Å². The molecule has 3 N–H and O–H groups in total. The van der Waals surface area contributed by atoms with Gasteiger partial charge in [0, 0.05) is 16.7 Å². The van der Waals surface area contributed by atoms with Gasteiger partial charge in [0.15, 0.2) is 18.0 Å². The molecule has 11 nitrogen and oxygen atoms in total. The number of carbonyl (C=O) groups excluding carboxylic acids is 4. The number of carbonyl (C=O) groups is 5. The quantitative estimate of drug-likeness (QED) is 0.270. The summed E-state index contributed by atoms with van der Waals surface area (Å²) in [6.07, 6.45) is 5.98. The summed E-state index contributed by atoms with van der Waals surface area (Å²) < 4.78 is 16.7. The molecule has 5 rings (SSSR count). The van der Waals surface area contributed by atoms with E-state index in [9.17, 15) is 34.2 Å². The van der Waals surface area contributed by atoms with Crippen LogP contribution in [0.5, 0.6) is 0 Å². The smallest absolute Gasteiger partial charge is 0.375 e. The van der Waals surface area contributed by atoms with Crippen LogP contribution >= 0.6 is 11.6 Å². The Bertz CT molecular complexity index is 1440. The molecule has 0 amide bonds. The Morgan fingerprint density at radius 2 is 1.95 bits per heavy atom. The maximum absolute atomic E-state index is 14.3. The van der Waals surface area contributed by atoms with E-state index >= 15 is 0 Å². The SMILES string of the molecule is CN[C@H](CC(=O)OCC(=O)[C@@]1(OC(=O)c2ccco2)[C@H](C)CC2C3CCC4=CC(=O)C=C[C@]4(C)[C@@]3(Cl)[C@@H](O)C[C@@]21C)C(=O)O. The molecule has 44 heavy (non-hydrogen) atoms. The topological polar surface area (TPSA) is 169 Å². The largest absolute Gasteiger partial charge is 0.480 e. The first-order valence-corrected chi connectivity index (χ1v) is 15.2. The molecule has 1 aromatic heterocycles. The van der Waals surface area contributed by atoms with E-state index in [2.05, 4.69) is 5.32 Å². The summed E-state index contributed by atoms with van der Waals surface area (Å²) in [5.74, 6) is -5.18. The molecule has 238 valence electrons. The van der Waals surface area contributed by atoms with Crippen LogP contribution in [0.1, 0.15) is 63.4 Å². The fraction of sp³-hybridized carbons (Fsp3) is 0.594. The van der Waals surface area contributed by atoms with Gasteiger partial charge >= 0.3 is 17.9 Å². The lowest BCUT2D eigenvalue weighted by molar-refractivity contribution is -0.184. The molecule has 0 spiro atoms. The summed E-state index contributed by atoms with van der Waals surface area (Å²) in [5, 5.41) is 23.7. The third kappa shape index (κ3) is 4.58. The summed E-state index contributed by atoms with van der Waals surface area (Å²) in [6, 6.07) is 1.71. The molecule has 12 heteroatoms. The van der Waals surface area contributed by atoms with E-state index in [4.69, 9.17) is 25.5 Å². The summed E-state index contributed by atoms with van der Waals surface area (Å²) in [6.45, 7) is 4.76.